The number of nitrogens with zero attached hydrogens (tertiary/aromatic N) is 1. The first-order valence-corrected chi connectivity index (χ1v) is 13.3. The van der Waals surface area contributed by atoms with E-state index in [4.69, 9.17) is 36.3 Å². The van der Waals surface area contributed by atoms with E-state index < -0.39 is 11.9 Å². The third kappa shape index (κ3) is 6.13. The number of aryl methyl sites for hydroxylation is 2. The molecule has 0 saturated heterocycles. The maximum absolute atomic E-state index is 12.6. The normalized spacial score (nSPS) is 14.0. The Morgan fingerprint density at radius 3 is 2.46 bits per heavy atom. The molecule has 4 aromatic carbocycles. The van der Waals surface area contributed by atoms with Crippen LogP contribution in [0.15, 0.2) is 96.4 Å². The summed E-state index contributed by atoms with van der Waals surface area (Å²) < 4.78 is 23.0. The number of allylic oxidation sites excluding steroid dienone is 1. The van der Waals surface area contributed by atoms with E-state index in [1.807, 2.05) is 80.6 Å². The van der Waals surface area contributed by atoms with Crippen molar-refractivity contribution < 1.29 is 23.7 Å². The zero-order chi connectivity index (χ0) is 28.9. The second-order valence-corrected chi connectivity index (χ2v) is 9.97. The molecule has 0 bridgehead atoms. The number of fused-ring (bicyclic) bond motifs is 1. The summed E-state index contributed by atoms with van der Waals surface area (Å²) in [7, 11) is 0. The van der Waals surface area contributed by atoms with Crippen molar-refractivity contribution in [3.63, 3.8) is 0 Å². The molecular formula is C33H27ClN2O5. The monoisotopic (exact) mass is 566 g/mol. The summed E-state index contributed by atoms with van der Waals surface area (Å²) in [6.45, 7) is 3.87. The van der Waals surface area contributed by atoms with Crippen molar-refractivity contribution in [2.75, 3.05) is 6.61 Å². The van der Waals surface area contributed by atoms with Crippen LogP contribution in [0.4, 0.5) is 0 Å². The minimum atomic E-state index is -0.565. The second kappa shape index (κ2) is 12.1. The van der Waals surface area contributed by atoms with Crippen LogP contribution in [0, 0.1) is 25.2 Å². The Labute approximate surface area is 243 Å². The SMILES string of the molecule is Cc1cccc(C)c1OCC(=O)Oc1ccc2c(c1)OC(N)=C(C#N)C2c1cccc(OCc2ccccc2Cl)c1. The molecule has 1 atom stereocenters. The number of hydrogen-bond acceptors (Lipinski definition) is 7. The van der Waals surface area contributed by atoms with Crippen molar-refractivity contribution in [3.8, 4) is 29.1 Å². The largest absolute Gasteiger partial charge is 0.489 e. The van der Waals surface area contributed by atoms with Gasteiger partial charge in [0, 0.05) is 22.2 Å². The van der Waals surface area contributed by atoms with Crippen LogP contribution in [0.1, 0.15) is 33.7 Å². The summed E-state index contributed by atoms with van der Waals surface area (Å²) in [4.78, 5) is 12.6. The number of halogens is 1. The first-order valence-electron chi connectivity index (χ1n) is 12.9. The summed E-state index contributed by atoms with van der Waals surface area (Å²) >= 11 is 6.27. The summed E-state index contributed by atoms with van der Waals surface area (Å²) in [6, 6.07) is 27.9. The predicted molar refractivity (Wildman–Crippen MR) is 155 cm³/mol. The summed E-state index contributed by atoms with van der Waals surface area (Å²) in [5, 5.41) is 10.6. The molecule has 0 fully saturated rings. The van der Waals surface area contributed by atoms with E-state index >= 15 is 0 Å². The van der Waals surface area contributed by atoms with Crippen molar-refractivity contribution >= 4 is 17.6 Å². The fourth-order valence-electron chi connectivity index (χ4n) is 4.72. The van der Waals surface area contributed by atoms with Crippen LogP contribution in [-0.2, 0) is 11.4 Å². The van der Waals surface area contributed by atoms with E-state index in [0.29, 0.717) is 34.4 Å². The molecule has 1 aliphatic rings. The summed E-state index contributed by atoms with van der Waals surface area (Å²) in [6.07, 6.45) is 0. The molecule has 2 N–H and O–H groups in total. The molecular weight excluding hydrogens is 540 g/mol. The molecule has 0 radical (unpaired) electrons. The van der Waals surface area contributed by atoms with E-state index in [-0.39, 0.29) is 23.8 Å². The van der Waals surface area contributed by atoms with Crippen LogP contribution in [0.5, 0.6) is 23.0 Å². The predicted octanol–water partition coefficient (Wildman–Crippen LogP) is 6.74. The third-order valence-electron chi connectivity index (χ3n) is 6.71. The molecule has 0 aliphatic carbocycles. The van der Waals surface area contributed by atoms with Crippen LogP contribution in [0.3, 0.4) is 0 Å². The third-order valence-corrected chi connectivity index (χ3v) is 7.08. The lowest BCUT2D eigenvalue weighted by Crippen LogP contribution is -2.22. The average Bonchev–Trinajstić information content (AvgIpc) is 2.96. The van der Waals surface area contributed by atoms with E-state index in [0.717, 1.165) is 22.3 Å². The molecule has 8 heteroatoms. The Morgan fingerprint density at radius 1 is 0.951 bits per heavy atom. The van der Waals surface area contributed by atoms with Gasteiger partial charge in [0.25, 0.3) is 0 Å². The molecule has 1 aliphatic heterocycles. The van der Waals surface area contributed by atoms with Crippen molar-refractivity contribution in [2.24, 2.45) is 5.73 Å². The van der Waals surface area contributed by atoms with Gasteiger partial charge in [0.15, 0.2) is 6.61 Å². The van der Waals surface area contributed by atoms with Gasteiger partial charge in [0.2, 0.25) is 5.88 Å². The van der Waals surface area contributed by atoms with Crippen molar-refractivity contribution in [3.05, 3.63) is 129 Å². The number of nitriles is 1. The number of para-hydroxylation sites is 1. The topological polar surface area (TPSA) is 104 Å². The van der Waals surface area contributed by atoms with E-state index in [2.05, 4.69) is 6.07 Å². The van der Waals surface area contributed by atoms with Gasteiger partial charge in [-0.1, -0.05) is 66.2 Å². The van der Waals surface area contributed by atoms with Gasteiger partial charge < -0.3 is 24.7 Å². The number of nitrogens with two attached hydrogens (primary N) is 1. The molecule has 1 heterocycles. The minimum Gasteiger partial charge on any atom is -0.489 e. The average molecular weight is 567 g/mol. The zero-order valence-corrected chi connectivity index (χ0v) is 23.3. The van der Waals surface area contributed by atoms with Crippen molar-refractivity contribution in [1.29, 1.82) is 5.26 Å². The van der Waals surface area contributed by atoms with Gasteiger partial charge in [-0.05, 0) is 54.8 Å². The molecule has 0 amide bonds. The first-order chi connectivity index (χ1) is 19.8. The molecule has 206 valence electrons. The molecule has 4 aromatic rings. The molecule has 0 saturated carbocycles. The van der Waals surface area contributed by atoms with Gasteiger partial charge in [-0.25, -0.2) is 4.79 Å². The lowest BCUT2D eigenvalue weighted by Gasteiger charge is -2.27. The molecule has 5 rings (SSSR count). The Kier molecular flexibility index (Phi) is 8.14. The second-order valence-electron chi connectivity index (χ2n) is 9.56. The number of hydrogen-bond donors (Lipinski definition) is 1. The number of carbonyl (C=O) groups excluding carboxylic acids is 1. The van der Waals surface area contributed by atoms with Gasteiger partial charge in [0.05, 0.1) is 5.92 Å². The number of carbonyl (C=O) groups is 1. The maximum atomic E-state index is 12.6. The highest BCUT2D eigenvalue weighted by atomic mass is 35.5. The maximum Gasteiger partial charge on any atom is 0.349 e. The van der Waals surface area contributed by atoms with Crippen LogP contribution in [-0.4, -0.2) is 12.6 Å². The summed E-state index contributed by atoms with van der Waals surface area (Å²) in [5.74, 6) is 0.822. The van der Waals surface area contributed by atoms with Crippen LogP contribution < -0.4 is 24.7 Å². The molecule has 0 aromatic heterocycles. The standard InChI is InChI=1S/C33H27ClN2O5/c1-20-7-5-8-21(2)32(20)39-19-30(37)40-25-13-14-26-29(16-25)41-33(36)27(17-35)31(26)22-10-6-11-24(15-22)38-18-23-9-3-4-12-28(23)34/h3-16,31H,18-19,36H2,1-2H3. The van der Waals surface area contributed by atoms with Gasteiger partial charge >= 0.3 is 5.97 Å². The fourth-order valence-corrected chi connectivity index (χ4v) is 4.91. The fraction of sp³-hybridized carbons (Fsp3) is 0.152. The molecule has 0 spiro atoms. The van der Waals surface area contributed by atoms with Crippen LogP contribution in [0.2, 0.25) is 5.02 Å². The lowest BCUT2D eigenvalue weighted by atomic mass is 9.83. The van der Waals surface area contributed by atoms with Gasteiger partial charge in [0.1, 0.15) is 41.2 Å². The van der Waals surface area contributed by atoms with Gasteiger partial charge in [-0.15, -0.1) is 0 Å². The van der Waals surface area contributed by atoms with E-state index in [1.165, 1.54) is 0 Å². The number of benzene rings is 4. The smallest absolute Gasteiger partial charge is 0.349 e. The Bertz CT molecular complexity index is 1670. The van der Waals surface area contributed by atoms with Crippen LogP contribution >= 0.6 is 11.6 Å². The zero-order valence-electron chi connectivity index (χ0n) is 22.5. The highest BCUT2D eigenvalue weighted by Crippen LogP contribution is 2.44. The lowest BCUT2D eigenvalue weighted by molar-refractivity contribution is -0.136. The van der Waals surface area contributed by atoms with Crippen molar-refractivity contribution in [2.45, 2.75) is 26.4 Å². The number of esters is 1. The van der Waals surface area contributed by atoms with Crippen molar-refractivity contribution in [1.82, 2.24) is 0 Å². The molecule has 1 unspecified atom stereocenters. The Hall–Kier alpha value is -4.93. The van der Waals surface area contributed by atoms with E-state index in [9.17, 15) is 10.1 Å². The van der Waals surface area contributed by atoms with Gasteiger partial charge in [-0.2, -0.15) is 5.26 Å². The molecule has 7 nitrogen and oxygen atoms in total. The summed E-state index contributed by atoms with van der Waals surface area (Å²) in [5.41, 5.74) is 10.7. The Morgan fingerprint density at radius 2 is 1.71 bits per heavy atom. The number of ether oxygens (including phenoxy) is 4. The number of rotatable bonds is 8. The Balaban J connectivity index is 1.35. The van der Waals surface area contributed by atoms with E-state index in [1.54, 1.807) is 18.2 Å². The van der Waals surface area contributed by atoms with Crippen LogP contribution in [0.25, 0.3) is 0 Å². The molecule has 41 heavy (non-hydrogen) atoms. The minimum absolute atomic E-state index is 0.0192. The highest BCUT2D eigenvalue weighted by Gasteiger charge is 2.31. The quantitative estimate of drug-likeness (QED) is 0.186. The van der Waals surface area contributed by atoms with Gasteiger partial charge in [-0.3, -0.25) is 0 Å². The first kappa shape index (κ1) is 27.6. The highest BCUT2D eigenvalue weighted by molar-refractivity contribution is 6.31.